The first-order valence-electron chi connectivity index (χ1n) is 5.88. The predicted octanol–water partition coefficient (Wildman–Crippen LogP) is 1.15. The van der Waals surface area contributed by atoms with Crippen LogP contribution >= 0.6 is 11.8 Å². The van der Waals surface area contributed by atoms with E-state index >= 15 is 0 Å². The van der Waals surface area contributed by atoms with E-state index in [4.69, 9.17) is 5.73 Å². The van der Waals surface area contributed by atoms with Gasteiger partial charge in [-0.2, -0.15) is 0 Å². The number of primary amides is 1. The van der Waals surface area contributed by atoms with Gasteiger partial charge in [-0.25, -0.2) is 0 Å². The van der Waals surface area contributed by atoms with Crippen LogP contribution in [0.25, 0.3) is 0 Å². The second-order valence-electron chi connectivity index (χ2n) is 4.24. The molecule has 6 heteroatoms. The van der Waals surface area contributed by atoms with Gasteiger partial charge in [0.1, 0.15) is 0 Å². The lowest BCUT2D eigenvalue weighted by Gasteiger charge is -2.21. The zero-order chi connectivity index (χ0) is 14.4. The number of likely N-dealkylation sites (N-methyl/N-ethyl adjacent to an activating group) is 1. The zero-order valence-electron chi connectivity index (χ0n) is 11.3. The number of thioether (sulfide) groups is 1. The molecule has 0 heterocycles. The molecular formula is C13H19N3O2S. The molecule has 104 valence electrons. The van der Waals surface area contributed by atoms with Crippen LogP contribution in [0.15, 0.2) is 29.2 Å². The largest absolute Gasteiger partial charge is 0.368 e. The van der Waals surface area contributed by atoms with Crippen molar-refractivity contribution in [1.29, 1.82) is 0 Å². The number of nitrogens with one attached hydrogen (secondary N) is 1. The Bertz CT molecular complexity index is 465. The molecule has 1 aromatic rings. The Labute approximate surface area is 117 Å². The summed E-state index contributed by atoms with van der Waals surface area (Å²) < 4.78 is 0. The Morgan fingerprint density at radius 3 is 2.63 bits per heavy atom. The number of anilines is 1. The number of amides is 2. The second-order valence-corrected chi connectivity index (χ2v) is 5.09. The summed E-state index contributed by atoms with van der Waals surface area (Å²) in [6.45, 7) is 1.79. The first-order chi connectivity index (χ1) is 8.95. The smallest absolute Gasteiger partial charge is 0.238 e. The molecule has 5 nitrogen and oxygen atoms in total. The monoisotopic (exact) mass is 281 g/mol. The minimum Gasteiger partial charge on any atom is -0.368 e. The number of para-hydroxylation sites is 1. The topological polar surface area (TPSA) is 75.4 Å². The first kappa shape index (κ1) is 15.5. The molecule has 0 saturated carbocycles. The standard InChI is InChI=1S/C13H19N3O2S/c1-9(13(14)18)16(2)8-12(17)15-10-6-4-5-7-11(10)19-3/h4-7,9H,8H2,1-3H3,(H2,14,18)(H,15,17)/t9-/m1/s1. The zero-order valence-corrected chi connectivity index (χ0v) is 12.2. The van der Waals surface area contributed by atoms with Crippen LogP contribution < -0.4 is 11.1 Å². The van der Waals surface area contributed by atoms with Crippen molar-refractivity contribution in [2.75, 3.05) is 25.2 Å². The van der Waals surface area contributed by atoms with E-state index in [1.54, 1.807) is 30.6 Å². The van der Waals surface area contributed by atoms with Crippen molar-refractivity contribution in [2.24, 2.45) is 5.73 Å². The summed E-state index contributed by atoms with van der Waals surface area (Å²) in [4.78, 5) is 25.5. The highest BCUT2D eigenvalue weighted by atomic mass is 32.2. The van der Waals surface area contributed by atoms with E-state index < -0.39 is 11.9 Å². The van der Waals surface area contributed by atoms with Crippen molar-refractivity contribution in [3.05, 3.63) is 24.3 Å². The highest BCUT2D eigenvalue weighted by molar-refractivity contribution is 7.98. The molecule has 0 unspecified atom stereocenters. The molecule has 0 aliphatic carbocycles. The Hall–Kier alpha value is -1.53. The fourth-order valence-electron chi connectivity index (χ4n) is 1.52. The summed E-state index contributed by atoms with van der Waals surface area (Å²) in [6.07, 6.45) is 1.95. The van der Waals surface area contributed by atoms with Gasteiger partial charge in [0.25, 0.3) is 0 Å². The van der Waals surface area contributed by atoms with Gasteiger partial charge in [-0.15, -0.1) is 11.8 Å². The molecule has 0 radical (unpaired) electrons. The fourth-order valence-corrected chi connectivity index (χ4v) is 2.07. The van der Waals surface area contributed by atoms with Crippen molar-refractivity contribution in [2.45, 2.75) is 17.9 Å². The Kier molecular flexibility index (Phi) is 5.85. The van der Waals surface area contributed by atoms with Gasteiger partial charge >= 0.3 is 0 Å². The van der Waals surface area contributed by atoms with Crippen molar-refractivity contribution >= 4 is 29.3 Å². The van der Waals surface area contributed by atoms with Gasteiger partial charge in [-0.3, -0.25) is 14.5 Å². The normalized spacial score (nSPS) is 12.2. The summed E-state index contributed by atoms with van der Waals surface area (Å²) in [6, 6.07) is 7.10. The summed E-state index contributed by atoms with van der Waals surface area (Å²) in [5, 5.41) is 2.83. The van der Waals surface area contributed by atoms with E-state index in [0.717, 1.165) is 10.6 Å². The highest BCUT2D eigenvalue weighted by Crippen LogP contribution is 2.24. The van der Waals surface area contributed by atoms with Crippen LogP contribution in [0.1, 0.15) is 6.92 Å². The summed E-state index contributed by atoms with van der Waals surface area (Å²) in [5.74, 6) is -0.614. The number of benzene rings is 1. The number of hydrogen-bond acceptors (Lipinski definition) is 4. The van der Waals surface area contributed by atoms with Gasteiger partial charge in [-0.1, -0.05) is 12.1 Å². The van der Waals surface area contributed by atoms with E-state index in [0.29, 0.717) is 0 Å². The minimum atomic E-state index is -0.471. The lowest BCUT2D eigenvalue weighted by atomic mass is 10.2. The van der Waals surface area contributed by atoms with Gasteiger partial charge in [0.15, 0.2) is 0 Å². The third-order valence-corrected chi connectivity index (χ3v) is 3.64. The lowest BCUT2D eigenvalue weighted by Crippen LogP contribution is -2.43. The van der Waals surface area contributed by atoms with E-state index in [1.165, 1.54) is 0 Å². The summed E-state index contributed by atoms with van der Waals surface area (Å²) in [5.41, 5.74) is 5.97. The maximum Gasteiger partial charge on any atom is 0.238 e. The minimum absolute atomic E-state index is 0.118. The van der Waals surface area contributed by atoms with Crippen LogP contribution in [0, 0.1) is 0 Å². The van der Waals surface area contributed by atoms with E-state index in [1.807, 2.05) is 30.5 Å². The number of carbonyl (C=O) groups is 2. The van der Waals surface area contributed by atoms with Gasteiger partial charge < -0.3 is 11.1 Å². The Morgan fingerprint density at radius 2 is 2.05 bits per heavy atom. The average molecular weight is 281 g/mol. The van der Waals surface area contributed by atoms with Gasteiger partial charge in [0.2, 0.25) is 11.8 Å². The molecule has 2 amide bonds. The predicted molar refractivity (Wildman–Crippen MR) is 78.1 cm³/mol. The number of nitrogens with zero attached hydrogens (tertiary/aromatic N) is 1. The van der Waals surface area contributed by atoms with Crippen LogP contribution in [0.5, 0.6) is 0 Å². The summed E-state index contributed by atoms with van der Waals surface area (Å²) >= 11 is 1.57. The number of rotatable bonds is 6. The third kappa shape index (κ3) is 4.57. The molecule has 0 spiro atoms. The quantitative estimate of drug-likeness (QED) is 0.767. The molecule has 0 aromatic heterocycles. The van der Waals surface area contributed by atoms with Crippen LogP contribution in [0.3, 0.4) is 0 Å². The molecule has 1 rings (SSSR count). The van der Waals surface area contributed by atoms with Crippen LogP contribution in [0.2, 0.25) is 0 Å². The average Bonchev–Trinajstić information content (AvgIpc) is 2.38. The molecule has 0 fully saturated rings. The first-order valence-corrected chi connectivity index (χ1v) is 7.10. The fraction of sp³-hybridized carbons (Fsp3) is 0.385. The maximum atomic E-state index is 11.9. The molecule has 0 aliphatic rings. The number of carbonyl (C=O) groups excluding carboxylic acids is 2. The maximum absolute atomic E-state index is 11.9. The Balaban J connectivity index is 2.63. The van der Waals surface area contributed by atoms with Crippen LogP contribution in [-0.4, -0.2) is 42.6 Å². The molecule has 0 aliphatic heterocycles. The molecule has 0 saturated heterocycles. The second kappa shape index (κ2) is 7.16. The molecular weight excluding hydrogens is 262 g/mol. The van der Waals surface area contributed by atoms with Crippen molar-refractivity contribution in [1.82, 2.24) is 4.90 Å². The highest BCUT2D eigenvalue weighted by Gasteiger charge is 2.17. The van der Waals surface area contributed by atoms with Gasteiger partial charge in [0.05, 0.1) is 18.3 Å². The Morgan fingerprint density at radius 1 is 1.42 bits per heavy atom. The van der Waals surface area contributed by atoms with Crippen LogP contribution in [-0.2, 0) is 9.59 Å². The van der Waals surface area contributed by atoms with Crippen LogP contribution in [0.4, 0.5) is 5.69 Å². The van der Waals surface area contributed by atoms with Gasteiger partial charge in [-0.05, 0) is 32.4 Å². The van der Waals surface area contributed by atoms with Gasteiger partial charge in [0, 0.05) is 4.90 Å². The number of nitrogens with two attached hydrogens (primary N) is 1. The lowest BCUT2D eigenvalue weighted by molar-refractivity contribution is -0.123. The van der Waals surface area contributed by atoms with E-state index in [2.05, 4.69) is 5.32 Å². The number of hydrogen-bond donors (Lipinski definition) is 2. The molecule has 19 heavy (non-hydrogen) atoms. The van der Waals surface area contributed by atoms with E-state index in [-0.39, 0.29) is 12.5 Å². The molecule has 1 aromatic carbocycles. The molecule has 1 atom stereocenters. The van der Waals surface area contributed by atoms with Crippen molar-refractivity contribution < 1.29 is 9.59 Å². The molecule has 3 N–H and O–H groups in total. The van der Waals surface area contributed by atoms with Crippen molar-refractivity contribution in [3.8, 4) is 0 Å². The molecule has 0 bridgehead atoms. The third-order valence-electron chi connectivity index (χ3n) is 2.85. The van der Waals surface area contributed by atoms with Crippen molar-refractivity contribution in [3.63, 3.8) is 0 Å². The van der Waals surface area contributed by atoms with E-state index in [9.17, 15) is 9.59 Å². The summed E-state index contributed by atoms with van der Waals surface area (Å²) in [7, 11) is 1.69. The SMILES string of the molecule is CSc1ccccc1NC(=O)CN(C)[C@H](C)C(N)=O.